The second-order valence-corrected chi connectivity index (χ2v) is 8.97. The average molecular weight is 470 g/mol. The van der Waals surface area contributed by atoms with Crippen molar-refractivity contribution in [3.63, 3.8) is 0 Å². The van der Waals surface area contributed by atoms with Crippen LogP contribution in [0.3, 0.4) is 0 Å². The van der Waals surface area contributed by atoms with E-state index in [0.717, 1.165) is 22.5 Å². The molecule has 0 saturated heterocycles. The highest BCUT2D eigenvalue weighted by Gasteiger charge is 2.33. The molecular formula is C28H27N3O2S. The molecule has 1 atom stereocenters. The zero-order valence-electron chi connectivity index (χ0n) is 19.3. The van der Waals surface area contributed by atoms with Crippen LogP contribution in [0, 0.1) is 0 Å². The lowest BCUT2D eigenvalue weighted by molar-refractivity contribution is 0.194. The number of aromatic nitrogens is 1. The van der Waals surface area contributed by atoms with Gasteiger partial charge in [-0.15, -0.1) is 11.8 Å². The number of nitrogens with zero attached hydrogens (tertiary/aromatic N) is 2. The predicted molar refractivity (Wildman–Crippen MR) is 138 cm³/mol. The van der Waals surface area contributed by atoms with Crippen molar-refractivity contribution in [3.05, 3.63) is 108 Å². The fourth-order valence-corrected chi connectivity index (χ4v) is 4.92. The molecule has 1 aromatic heterocycles. The summed E-state index contributed by atoms with van der Waals surface area (Å²) in [6.07, 6.45) is 4.14. The Labute approximate surface area is 204 Å². The molecule has 6 heteroatoms. The minimum atomic E-state index is -0.252. The van der Waals surface area contributed by atoms with Crippen LogP contribution < -0.4 is 10.1 Å². The summed E-state index contributed by atoms with van der Waals surface area (Å²) in [4.78, 5) is 17.0. The summed E-state index contributed by atoms with van der Waals surface area (Å²) >= 11 is 1.71. The van der Waals surface area contributed by atoms with Crippen molar-refractivity contribution in [3.8, 4) is 11.4 Å². The minimum Gasteiger partial charge on any atom is -0.492 e. The van der Waals surface area contributed by atoms with Crippen molar-refractivity contribution in [2.24, 2.45) is 0 Å². The maximum atomic E-state index is 13.9. The summed E-state index contributed by atoms with van der Waals surface area (Å²) in [5.74, 6) is 0.665. The van der Waals surface area contributed by atoms with Gasteiger partial charge >= 0.3 is 6.03 Å². The largest absolute Gasteiger partial charge is 0.492 e. The topological polar surface area (TPSA) is 46.5 Å². The van der Waals surface area contributed by atoms with E-state index >= 15 is 0 Å². The Balaban J connectivity index is 1.60. The molecule has 1 aliphatic rings. The Morgan fingerprint density at radius 2 is 1.76 bits per heavy atom. The molecule has 5 nitrogen and oxygen atoms in total. The first kappa shape index (κ1) is 22.2. The molecule has 0 saturated carbocycles. The number of ether oxygens (including phenoxy) is 1. The molecule has 34 heavy (non-hydrogen) atoms. The molecule has 2 amide bonds. The van der Waals surface area contributed by atoms with Crippen LogP contribution in [0.1, 0.15) is 29.8 Å². The number of carbonyl (C=O) groups is 1. The van der Waals surface area contributed by atoms with E-state index in [4.69, 9.17) is 4.74 Å². The molecular weight excluding hydrogens is 442 g/mol. The van der Waals surface area contributed by atoms with E-state index in [1.807, 2.05) is 54.3 Å². The van der Waals surface area contributed by atoms with Crippen LogP contribution in [0.2, 0.25) is 0 Å². The normalized spacial score (nSPS) is 14.6. The summed E-state index contributed by atoms with van der Waals surface area (Å²) in [6.45, 7) is 2.95. The summed E-state index contributed by atoms with van der Waals surface area (Å²) < 4.78 is 7.95. The Bertz CT molecular complexity index is 1300. The molecule has 0 fully saturated rings. The van der Waals surface area contributed by atoms with E-state index in [2.05, 4.69) is 64.8 Å². The predicted octanol–water partition coefficient (Wildman–Crippen LogP) is 6.74. The van der Waals surface area contributed by atoms with Gasteiger partial charge in [-0.2, -0.15) is 0 Å². The molecule has 2 heterocycles. The van der Waals surface area contributed by atoms with Gasteiger partial charge in [0.25, 0.3) is 0 Å². The highest BCUT2D eigenvalue weighted by Crippen LogP contribution is 2.38. The van der Waals surface area contributed by atoms with E-state index in [1.165, 1.54) is 4.90 Å². The second kappa shape index (κ2) is 9.69. The van der Waals surface area contributed by atoms with E-state index in [-0.39, 0.29) is 12.1 Å². The summed E-state index contributed by atoms with van der Waals surface area (Å²) in [7, 11) is 0. The van der Waals surface area contributed by atoms with Crippen molar-refractivity contribution in [2.45, 2.75) is 24.4 Å². The molecule has 5 rings (SSSR count). The van der Waals surface area contributed by atoms with Crippen molar-refractivity contribution >= 4 is 23.5 Å². The molecule has 0 bridgehead atoms. The number of amides is 2. The smallest absolute Gasteiger partial charge is 0.323 e. The number of anilines is 1. The standard InChI is InChI=1S/C28H27N3O2S/c1-3-33-26-13-7-5-10-23(26)29-28(32)31-19-21-9-4-6-11-24(21)30-18-8-12-25(30)27(31)20-14-16-22(34-2)17-15-20/h4-18,27H,3,19H2,1-2H3,(H,29,32)/t27-/m1/s1. The van der Waals surface area contributed by atoms with Gasteiger partial charge in [0.2, 0.25) is 0 Å². The van der Waals surface area contributed by atoms with Crippen LogP contribution in [0.25, 0.3) is 5.69 Å². The maximum absolute atomic E-state index is 13.9. The summed E-state index contributed by atoms with van der Waals surface area (Å²) in [5.41, 5.74) is 4.97. The number of urea groups is 1. The lowest BCUT2D eigenvalue weighted by atomic mass is 10.0. The third-order valence-electron chi connectivity index (χ3n) is 6.08. The molecule has 172 valence electrons. The fourth-order valence-electron chi connectivity index (χ4n) is 4.51. The number of nitrogens with one attached hydrogen (secondary N) is 1. The van der Waals surface area contributed by atoms with Gasteiger partial charge in [-0.1, -0.05) is 42.5 Å². The zero-order valence-corrected chi connectivity index (χ0v) is 20.1. The van der Waals surface area contributed by atoms with Gasteiger partial charge < -0.3 is 19.5 Å². The van der Waals surface area contributed by atoms with Crippen molar-refractivity contribution in [1.29, 1.82) is 0 Å². The number of hydrogen-bond donors (Lipinski definition) is 1. The highest BCUT2D eigenvalue weighted by molar-refractivity contribution is 7.98. The second-order valence-electron chi connectivity index (χ2n) is 8.09. The number of thioether (sulfide) groups is 1. The van der Waals surface area contributed by atoms with Gasteiger partial charge in [-0.05, 0) is 66.8 Å². The number of benzene rings is 3. The van der Waals surface area contributed by atoms with Gasteiger partial charge in [0, 0.05) is 16.8 Å². The van der Waals surface area contributed by atoms with Gasteiger partial charge in [0.1, 0.15) is 5.75 Å². The molecule has 3 aromatic carbocycles. The Kier molecular flexibility index (Phi) is 6.32. The van der Waals surface area contributed by atoms with Crippen molar-refractivity contribution < 1.29 is 9.53 Å². The van der Waals surface area contributed by atoms with Gasteiger partial charge in [-0.3, -0.25) is 0 Å². The Hall–Kier alpha value is -3.64. The molecule has 1 N–H and O–H groups in total. The molecule has 0 aliphatic carbocycles. The maximum Gasteiger partial charge on any atom is 0.323 e. The molecule has 1 aliphatic heterocycles. The van der Waals surface area contributed by atoms with Crippen molar-refractivity contribution in [2.75, 3.05) is 18.2 Å². The molecule has 4 aromatic rings. The van der Waals surface area contributed by atoms with Gasteiger partial charge in [-0.25, -0.2) is 4.79 Å². The highest BCUT2D eigenvalue weighted by atomic mass is 32.2. The van der Waals surface area contributed by atoms with Crippen LogP contribution in [0.5, 0.6) is 5.75 Å². The van der Waals surface area contributed by atoms with Crippen LogP contribution >= 0.6 is 11.8 Å². The average Bonchev–Trinajstić information content (AvgIpc) is 3.30. The van der Waals surface area contributed by atoms with Gasteiger partial charge in [0.15, 0.2) is 0 Å². The number of carbonyl (C=O) groups excluding carboxylic acids is 1. The molecule has 0 spiro atoms. The quantitative estimate of drug-likeness (QED) is 0.330. The number of hydrogen-bond acceptors (Lipinski definition) is 3. The molecule has 0 radical (unpaired) electrons. The molecule has 0 unspecified atom stereocenters. The van der Waals surface area contributed by atoms with Crippen molar-refractivity contribution in [1.82, 2.24) is 9.47 Å². The van der Waals surface area contributed by atoms with Crippen LogP contribution in [-0.2, 0) is 6.54 Å². The number of para-hydroxylation sites is 3. The first-order valence-corrected chi connectivity index (χ1v) is 12.6. The van der Waals surface area contributed by atoms with E-state index in [9.17, 15) is 4.79 Å². The van der Waals surface area contributed by atoms with Gasteiger partial charge in [0.05, 0.1) is 30.6 Å². The van der Waals surface area contributed by atoms with Crippen LogP contribution in [0.4, 0.5) is 10.5 Å². The summed E-state index contributed by atoms with van der Waals surface area (Å²) in [6, 6.07) is 28.0. The zero-order chi connectivity index (χ0) is 23.5. The Morgan fingerprint density at radius 3 is 2.56 bits per heavy atom. The van der Waals surface area contributed by atoms with Crippen LogP contribution in [-0.4, -0.2) is 28.4 Å². The SMILES string of the molecule is CCOc1ccccc1NC(=O)N1Cc2ccccc2-n2cccc2[C@H]1c1ccc(SC)cc1. The monoisotopic (exact) mass is 469 g/mol. The third kappa shape index (κ3) is 4.17. The number of rotatable bonds is 5. The lowest BCUT2D eigenvalue weighted by Gasteiger charge is -2.31. The summed E-state index contributed by atoms with van der Waals surface area (Å²) in [5, 5.41) is 3.12. The van der Waals surface area contributed by atoms with E-state index < -0.39 is 0 Å². The van der Waals surface area contributed by atoms with E-state index in [0.29, 0.717) is 24.6 Å². The lowest BCUT2D eigenvalue weighted by Crippen LogP contribution is -2.38. The third-order valence-corrected chi connectivity index (χ3v) is 6.83. The Morgan fingerprint density at radius 1 is 1.00 bits per heavy atom. The minimum absolute atomic E-state index is 0.171. The van der Waals surface area contributed by atoms with E-state index in [1.54, 1.807) is 11.8 Å². The first-order valence-electron chi connectivity index (χ1n) is 11.4. The fraction of sp³-hybridized carbons (Fsp3) is 0.179. The first-order chi connectivity index (χ1) is 16.7. The number of fused-ring (bicyclic) bond motifs is 3. The van der Waals surface area contributed by atoms with Crippen LogP contribution in [0.15, 0.2) is 96.0 Å².